The van der Waals surface area contributed by atoms with Crippen molar-refractivity contribution in [1.82, 2.24) is 9.80 Å². The quantitative estimate of drug-likeness (QED) is 0.562. The standard InChI is InChI=1S/C26H28FN3O5/c1-16-17(4-5-21-22(16)15-35-26(21)32)13-34-14-20-12-30(7-6-29(20)2)25(31)10-18-9-24(33-3)19(11-28)8-23(18)27/h4-5,8-9,20H,6-7,10,12-15H2,1-3H3. The number of esters is 1. The molecule has 8 nitrogen and oxygen atoms in total. The first-order chi connectivity index (χ1) is 16.8. The van der Waals surface area contributed by atoms with Gasteiger partial charge in [0, 0.05) is 30.8 Å². The topological polar surface area (TPSA) is 92.1 Å². The van der Waals surface area contributed by atoms with Crippen LogP contribution in [0.4, 0.5) is 4.39 Å². The van der Waals surface area contributed by atoms with Gasteiger partial charge >= 0.3 is 5.97 Å². The van der Waals surface area contributed by atoms with Gasteiger partial charge in [-0.25, -0.2) is 9.18 Å². The van der Waals surface area contributed by atoms with Crippen molar-refractivity contribution in [1.29, 1.82) is 5.26 Å². The van der Waals surface area contributed by atoms with Crippen LogP contribution >= 0.6 is 0 Å². The summed E-state index contributed by atoms with van der Waals surface area (Å²) in [7, 11) is 3.40. The minimum atomic E-state index is -0.596. The van der Waals surface area contributed by atoms with Crippen LogP contribution in [0.5, 0.6) is 5.75 Å². The number of ether oxygens (including phenoxy) is 3. The van der Waals surface area contributed by atoms with E-state index in [1.165, 1.54) is 13.2 Å². The molecule has 1 atom stereocenters. The van der Waals surface area contributed by atoms with E-state index in [-0.39, 0.29) is 41.2 Å². The lowest BCUT2D eigenvalue weighted by Crippen LogP contribution is -2.55. The molecule has 0 aliphatic carbocycles. The van der Waals surface area contributed by atoms with E-state index in [0.29, 0.717) is 45.0 Å². The fraction of sp³-hybridized carbons (Fsp3) is 0.423. The predicted octanol–water partition coefficient (Wildman–Crippen LogP) is 2.59. The number of rotatable bonds is 7. The van der Waals surface area contributed by atoms with E-state index >= 15 is 0 Å². The average Bonchev–Trinajstić information content (AvgIpc) is 3.23. The van der Waals surface area contributed by atoms with E-state index in [1.54, 1.807) is 11.0 Å². The SMILES string of the molecule is COc1cc(CC(=O)N2CCN(C)C(COCc3ccc4c(c3C)COC4=O)C2)c(F)cc1C#N. The largest absolute Gasteiger partial charge is 0.495 e. The molecule has 2 aromatic carbocycles. The maximum absolute atomic E-state index is 14.5. The zero-order valence-electron chi connectivity index (χ0n) is 20.1. The second kappa shape index (κ2) is 10.4. The molecule has 1 fully saturated rings. The van der Waals surface area contributed by atoms with Crippen molar-refractivity contribution in [3.05, 3.63) is 63.5 Å². The molecule has 35 heavy (non-hydrogen) atoms. The molecule has 0 spiro atoms. The fourth-order valence-corrected chi connectivity index (χ4v) is 4.47. The summed E-state index contributed by atoms with van der Waals surface area (Å²) in [6.45, 7) is 4.75. The molecule has 184 valence electrons. The number of benzene rings is 2. The van der Waals surface area contributed by atoms with E-state index in [9.17, 15) is 14.0 Å². The molecule has 2 aromatic rings. The zero-order valence-corrected chi connectivity index (χ0v) is 20.1. The van der Waals surface area contributed by atoms with Gasteiger partial charge in [-0.2, -0.15) is 5.26 Å². The Labute approximate surface area is 203 Å². The van der Waals surface area contributed by atoms with Crippen molar-refractivity contribution in [2.24, 2.45) is 0 Å². The van der Waals surface area contributed by atoms with Gasteiger partial charge in [-0.1, -0.05) is 6.07 Å². The molecule has 1 saturated heterocycles. The Hall–Kier alpha value is -3.48. The molecule has 0 radical (unpaired) electrons. The van der Waals surface area contributed by atoms with E-state index < -0.39 is 5.82 Å². The number of carbonyl (C=O) groups excluding carboxylic acids is 2. The number of methoxy groups -OCH3 is 1. The summed E-state index contributed by atoms with van der Waals surface area (Å²) in [4.78, 5) is 28.6. The Balaban J connectivity index is 1.35. The van der Waals surface area contributed by atoms with Crippen molar-refractivity contribution in [3.8, 4) is 11.8 Å². The maximum atomic E-state index is 14.5. The summed E-state index contributed by atoms with van der Waals surface area (Å²) >= 11 is 0. The molecular weight excluding hydrogens is 453 g/mol. The van der Waals surface area contributed by atoms with Gasteiger partial charge in [-0.15, -0.1) is 0 Å². The molecule has 9 heteroatoms. The molecule has 1 amide bonds. The van der Waals surface area contributed by atoms with Crippen LogP contribution in [0.2, 0.25) is 0 Å². The minimum Gasteiger partial charge on any atom is -0.495 e. The van der Waals surface area contributed by atoms with Crippen molar-refractivity contribution in [3.63, 3.8) is 0 Å². The van der Waals surface area contributed by atoms with Crippen molar-refractivity contribution < 1.29 is 28.2 Å². The molecule has 2 aliphatic rings. The van der Waals surface area contributed by atoms with Gasteiger partial charge in [0.15, 0.2) is 0 Å². The normalized spacial score (nSPS) is 17.6. The smallest absolute Gasteiger partial charge is 0.338 e. The number of nitrogens with zero attached hydrogens (tertiary/aromatic N) is 3. The van der Waals surface area contributed by atoms with Crippen LogP contribution in [0, 0.1) is 24.1 Å². The molecule has 0 saturated carbocycles. The highest BCUT2D eigenvalue weighted by Gasteiger charge is 2.29. The Kier molecular flexibility index (Phi) is 7.34. The molecule has 4 rings (SSSR count). The number of hydrogen-bond donors (Lipinski definition) is 0. The summed E-state index contributed by atoms with van der Waals surface area (Å²) in [5.74, 6) is -0.822. The molecule has 0 aromatic heterocycles. The first kappa shape index (κ1) is 24.6. The van der Waals surface area contributed by atoms with E-state index in [4.69, 9.17) is 19.5 Å². The number of amides is 1. The molecule has 0 bridgehead atoms. The molecule has 1 unspecified atom stereocenters. The highest BCUT2D eigenvalue weighted by Crippen LogP contribution is 2.27. The Morgan fingerprint density at radius 2 is 2.09 bits per heavy atom. The lowest BCUT2D eigenvalue weighted by Gasteiger charge is -2.39. The summed E-state index contributed by atoms with van der Waals surface area (Å²) in [5.41, 5.74) is 3.82. The van der Waals surface area contributed by atoms with Gasteiger partial charge in [0.1, 0.15) is 24.2 Å². The summed E-state index contributed by atoms with van der Waals surface area (Å²) in [6, 6.07) is 8.07. The number of hydrogen-bond acceptors (Lipinski definition) is 7. The van der Waals surface area contributed by atoms with E-state index in [1.807, 2.05) is 26.1 Å². The van der Waals surface area contributed by atoms with Gasteiger partial charge in [-0.05, 0) is 43.3 Å². The van der Waals surface area contributed by atoms with Crippen molar-refractivity contribution >= 4 is 11.9 Å². The minimum absolute atomic E-state index is 0.00677. The zero-order chi connectivity index (χ0) is 25.1. The summed E-state index contributed by atoms with van der Waals surface area (Å²) in [6.07, 6.45) is -0.111. The van der Waals surface area contributed by atoms with Crippen LogP contribution in [-0.2, 0) is 33.9 Å². The van der Waals surface area contributed by atoms with E-state index in [2.05, 4.69) is 4.90 Å². The second-order valence-corrected chi connectivity index (χ2v) is 8.87. The second-order valence-electron chi connectivity index (χ2n) is 8.87. The monoisotopic (exact) mass is 481 g/mol. The van der Waals surface area contributed by atoms with Crippen LogP contribution in [-0.4, -0.2) is 68.1 Å². The van der Waals surface area contributed by atoms with Crippen LogP contribution in [0.1, 0.15) is 38.2 Å². The Bertz CT molecular complexity index is 1190. The van der Waals surface area contributed by atoms with Crippen LogP contribution < -0.4 is 4.74 Å². The van der Waals surface area contributed by atoms with Crippen molar-refractivity contribution in [2.75, 3.05) is 40.4 Å². The molecule has 2 aliphatic heterocycles. The van der Waals surface area contributed by atoms with Crippen molar-refractivity contribution in [2.45, 2.75) is 32.6 Å². The lowest BCUT2D eigenvalue weighted by molar-refractivity contribution is -0.134. The first-order valence-corrected chi connectivity index (χ1v) is 11.4. The molecule has 0 N–H and O–H groups in total. The third-order valence-corrected chi connectivity index (χ3v) is 6.81. The number of fused-ring (bicyclic) bond motifs is 1. The Morgan fingerprint density at radius 3 is 2.83 bits per heavy atom. The lowest BCUT2D eigenvalue weighted by atomic mass is 9.99. The molecule has 2 heterocycles. The first-order valence-electron chi connectivity index (χ1n) is 11.4. The number of halogens is 1. The maximum Gasteiger partial charge on any atom is 0.338 e. The average molecular weight is 482 g/mol. The van der Waals surface area contributed by atoms with Gasteiger partial charge in [-0.3, -0.25) is 9.69 Å². The number of piperazine rings is 1. The van der Waals surface area contributed by atoms with E-state index in [0.717, 1.165) is 22.8 Å². The fourth-order valence-electron chi connectivity index (χ4n) is 4.47. The summed E-state index contributed by atoms with van der Waals surface area (Å²) < 4.78 is 30.7. The predicted molar refractivity (Wildman–Crippen MR) is 124 cm³/mol. The van der Waals surface area contributed by atoms with Crippen LogP contribution in [0.3, 0.4) is 0 Å². The summed E-state index contributed by atoms with van der Waals surface area (Å²) in [5, 5.41) is 9.11. The third kappa shape index (κ3) is 5.14. The Morgan fingerprint density at radius 1 is 1.29 bits per heavy atom. The number of nitriles is 1. The van der Waals surface area contributed by atoms with Gasteiger partial charge in [0.2, 0.25) is 5.91 Å². The van der Waals surface area contributed by atoms with Crippen LogP contribution in [0.15, 0.2) is 24.3 Å². The van der Waals surface area contributed by atoms with Gasteiger partial charge in [0.05, 0.1) is 43.9 Å². The number of cyclic esters (lactones) is 1. The van der Waals surface area contributed by atoms with Gasteiger partial charge < -0.3 is 19.1 Å². The highest BCUT2D eigenvalue weighted by molar-refractivity contribution is 5.93. The van der Waals surface area contributed by atoms with Gasteiger partial charge in [0.25, 0.3) is 0 Å². The molecular formula is C26H28FN3O5. The third-order valence-electron chi connectivity index (χ3n) is 6.81. The number of carbonyl (C=O) groups is 2. The number of likely N-dealkylation sites (N-methyl/N-ethyl adjacent to an activating group) is 1. The highest BCUT2D eigenvalue weighted by atomic mass is 19.1. The van der Waals surface area contributed by atoms with Crippen LogP contribution in [0.25, 0.3) is 0 Å².